The SMILES string of the molecule is C=CCOC(=O)OC(C#Cc1ccccc1)c1ccccc1C#Cc1ccccc1. The molecule has 1 atom stereocenters. The molecule has 0 aliphatic rings. The lowest BCUT2D eigenvalue weighted by Gasteiger charge is -2.14. The van der Waals surface area contributed by atoms with E-state index in [2.05, 4.69) is 30.3 Å². The third-order valence-electron chi connectivity index (χ3n) is 4.01. The Hall–Kier alpha value is -4.21. The van der Waals surface area contributed by atoms with Gasteiger partial charge in [-0.3, -0.25) is 0 Å². The predicted octanol–water partition coefficient (Wildman–Crippen LogP) is 5.52. The van der Waals surface area contributed by atoms with Crippen LogP contribution >= 0.6 is 0 Å². The van der Waals surface area contributed by atoms with Gasteiger partial charge in [0.15, 0.2) is 6.10 Å². The molecule has 3 nitrogen and oxygen atoms in total. The fraction of sp³-hybridized carbons (Fsp3) is 0.0741. The van der Waals surface area contributed by atoms with Crippen LogP contribution in [0.15, 0.2) is 97.6 Å². The highest BCUT2D eigenvalue weighted by Crippen LogP contribution is 2.22. The van der Waals surface area contributed by atoms with Crippen LogP contribution in [0.25, 0.3) is 0 Å². The first kappa shape index (κ1) is 20.5. The highest BCUT2D eigenvalue weighted by molar-refractivity contribution is 5.62. The fourth-order valence-electron chi connectivity index (χ4n) is 2.60. The highest BCUT2D eigenvalue weighted by Gasteiger charge is 2.18. The molecule has 0 aromatic heterocycles. The molecule has 0 aliphatic heterocycles. The van der Waals surface area contributed by atoms with Crippen molar-refractivity contribution in [3.8, 4) is 23.7 Å². The molecular weight excluding hydrogens is 372 g/mol. The van der Waals surface area contributed by atoms with Crippen LogP contribution in [0.5, 0.6) is 0 Å². The van der Waals surface area contributed by atoms with E-state index < -0.39 is 12.3 Å². The second kappa shape index (κ2) is 11.0. The van der Waals surface area contributed by atoms with Gasteiger partial charge in [-0.1, -0.05) is 85.0 Å². The molecule has 0 heterocycles. The van der Waals surface area contributed by atoms with Gasteiger partial charge in [0.25, 0.3) is 0 Å². The summed E-state index contributed by atoms with van der Waals surface area (Å²) in [5, 5.41) is 0. The van der Waals surface area contributed by atoms with Gasteiger partial charge in [-0.2, -0.15) is 0 Å². The van der Waals surface area contributed by atoms with Crippen LogP contribution in [0, 0.1) is 23.7 Å². The maximum absolute atomic E-state index is 12.1. The molecule has 3 rings (SSSR count). The smallest absolute Gasteiger partial charge is 0.430 e. The first-order valence-electron chi connectivity index (χ1n) is 9.43. The third-order valence-corrected chi connectivity index (χ3v) is 4.01. The van der Waals surface area contributed by atoms with Crippen molar-refractivity contribution in [3.05, 3.63) is 120 Å². The zero-order valence-electron chi connectivity index (χ0n) is 16.4. The van der Waals surface area contributed by atoms with Crippen molar-refractivity contribution in [3.63, 3.8) is 0 Å². The van der Waals surface area contributed by atoms with Crippen molar-refractivity contribution in [2.24, 2.45) is 0 Å². The zero-order chi connectivity index (χ0) is 21.0. The van der Waals surface area contributed by atoms with Crippen LogP contribution in [-0.2, 0) is 9.47 Å². The van der Waals surface area contributed by atoms with Gasteiger partial charge in [-0.05, 0) is 36.3 Å². The van der Waals surface area contributed by atoms with Crippen molar-refractivity contribution in [1.29, 1.82) is 0 Å². The zero-order valence-corrected chi connectivity index (χ0v) is 16.4. The molecule has 0 N–H and O–H groups in total. The lowest BCUT2D eigenvalue weighted by atomic mass is 10.0. The van der Waals surface area contributed by atoms with E-state index in [0.717, 1.165) is 16.7 Å². The summed E-state index contributed by atoms with van der Waals surface area (Å²) in [5.41, 5.74) is 3.13. The Kier molecular flexibility index (Phi) is 7.49. The number of hydrogen-bond donors (Lipinski definition) is 0. The molecule has 3 aromatic carbocycles. The van der Waals surface area contributed by atoms with E-state index in [9.17, 15) is 4.79 Å². The summed E-state index contributed by atoms with van der Waals surface area (Å²) in [6.45, 7) is 3.60. The Morgan fingerprint density at radius 3 is 2.10 bits per heavy atom. The average Bonchev–Trinajstić information content (AvgIpc) is 2.80. The Bertz CT molecular complexity index is 1110. The molecule has 0 saturated carbocycles. The quantitative estimate of drug-likeness (QED) is 0.333. The van der Waals surface area contributed by atoms with E-state index in [1.165, 1.54) is 6.08 Å². The minimum atomic E-state index is -0.830. The molecule has 3 aromatic rings. The van der Waals surface area contributed by atoms with Crippen molar-refractivity contribution < 1.29 is 14.3 Å². The van der Waals surface area contributed by atoms with Gasteiger partial charge in [0.1, 0.15) is 6.61 Å². The second-order valence-electron chi connectivity index (χ2n) is 6.19. The van der Waals surface area contributed by atoms with E-state index in [1.54, 1.807) is 0 Å². The van der Waals surface area contributed by atoms with E-state index in [0.29, 0.717) is 5.56 Å². The minimum absolute atomic E-state index is 0.0626. The first-order valence-corrected chi connectivity index (χ1v) is 9.43. The highest BCUT2D eigenvalue weighted by atomic mass is 16.7. The predicted molar refractivity (Wildman–Crippen MR) is 118 cm³/mol. The van der Waals surface area contributed by atoms with Gasteiger partial charge >= 0.3 is 6.16 Å². The summed E-state index contributed by atoms with van der Waals surface area (Å²) in [4.78, 5) is 12.1. The topological polar surface area (TPSA) is 35.5 Å². The average molecular weight is 392 g/mol. The molecule has 0 spiro atoms. The normalized spacial score (nSPS) is 10.4. The molecule has 0 bridgehead atoms. The summed E-state index contributed by atoms with van der Waals surface area (Å²) in [7, 11) is 0. The summed E-state index contributed by atoms with van der Waals surface area (Å²) in [5.74, 6) is 12.4. The van der Waals surface area contributed by atoms with Gasteiger partial charge in [-0.15, -0.1) is 0 Å². The van der Waals surface area contributed by atoms with Crippen LogP contribution in [0.4, 0.5) is 4.79 Å². The molecule has 0 aliphatic carbocycles. The number of rotatable bonds is 4. The van der Waals surface area contributed by atoms with Crippen molar-refractivity contribution >= 4 is 6.16 Å². The van der Waals surface area contributed by atoms with E-state index in [1.807, 2.05) is 84.9 Å². The summed E-state index contributed by atoms with van der Waals surface area (Å²) in [6, 6.07) is 26.6. The first-order chi connectivity index (χ1) is 14.8. The maximum atomic E-state index is 12.1. The van der Waals surface area contributed by atoms with Gasteiger partial charge in [0.05, 0.1) is 0 Å². The van der Waals surface area contributed by atoms with Crippen molar-refractivity contribution in [2.75, 3.05) is 6.61 Å². The molecular formula is C27H20O3. The Morgan fingerprint density at radius 1 is 0.833 bits per heavy atom. The van der Waals surface area contributed by atoms with Gasteiger partial charge in [-0.25, -0.2) is 4.79 Å². The molecule has 3 heteroatoms. The Morgan fingerprint density at radius 2 is 1.43 bits per heavy atom. The maximum Gasteiger partial charge on any atom is 0.510 e. The van der Waals surface area contributed by atoms with Crippen LogP contribution < -0.4 is 0 Å². The molecule has 0 fully saturated rings. The summed E-state index contributed by atoms with van der Waals surface area (Å²) < 4.78 is 10.5. The van der Waals surface area contributed by atoms with Crippen LogP contribution in [0.2, 0.25) is 0 Å². The summed E-state index contributed by atoms with van der Waals surface area (Å²) in [6.07, 6.45) is -0.164. The van der Waals surface area contributed by atoms with Crippen LogP contribution in [-0.4, -0.2) is 12.8 Å². The van der Waals surface area contributed by atoms with Crippen LogP contribution in [0.1, 0.15) is 28.4 Å². The lowest BCUT2D eigenvalue weighted by Crippen LogP contribution is -2.13. The molecule has 30 heavy (non-hydrogen) atoms. The van der Waals surface area contributed by atoms with Crippen molar-refractivity contribution in [2.45, 2.75) is 6.10 Å². The largest absolute Gasteiger partial charge is 0.510 e. The molecule has 0 saturated heterocycles. The standard InChI is InChI=1S/C27H20O3/c1-2-21-29-27(28)30-26(20-18-23-13-7-4-8-14-23)25-16-10-9-15-24(25)19-17-22-11-5-3-6-12-22/h2-16,26H,1,21H2. The van der Waals surface area contributed by atoms with Gasteiger partial charge < -0.3 is 9.47 Å². The minimum Gasteiger partial charge on any atom is -0.430 e. The Balaban J connectivity index is 1.95. The molecule has 146 valence electrons. The molecule has 0 radical (unpaired) electrons. The lowest BCUT2D eigenvalue weighted by molar-refractivity contribution is 0.0464. The molecule has 1 unspecified atom stereocenters. The Labute approximate surface area is 177 Å². The number of carbonyl (C=O) groups excluding carboxylic acids is 1. The number of hydrogen-bond acceptors (Lipinski definition) is 3. The summed E-state index contributed by atoms with van der Waals surface area (Å²) >= 11 is 0. The van der Waals surface area contributed by atoms with E-state index >= 15 is 0 Å². The molecule has 0 amide bonds. The number of benzene rings is 3. The fourth-order valence-corrected chi connectivity index (χ4v) is 2.60. The van der Waals surface area contributed by atoms with E-state index in [4.69, 9.17) is 9.47 Å². The van der Waals surface area contributed by atoms with Crippen molar-refractivity contribution in [1.82, 2.24) is 0 Å². The third kappa shape index (κ3) is 6.16. The van der Waals surface area contributed by atoms with Gasteiger partial charge in [0.2, 0.25) is 0 Å². The number of ether oxygens (including phenoxy) is 2. The van der Waals surface area contributed by atoms with Crippen LogP contribution in [0.3, 0.4) is 0 Å². The number of carbonyl (C=O) groups is 1. The van der Waals surface area contributed by atoms with Gasteiger partial charge in [0, 0.05) is 22.3 Å². The monoisotopic (exact) mass is 392 g/mol. The second-order valence-corrected chi connectivity index (χ2v) is 6.19. The van der Waals surface area contributed by atoms with E-state index in [-0.39, 0.29) is 6.61 Å².